The van der Waals surface area contributed by atoms with Gasteiger partial charge in [-0.25, -0.2) is 0 Å². The van der Waals surface area contributed by atoms with Crippen molar-refractivity contribution in [2.24, 2.45) is 0 Å². The van der Waals surface area contributed by atoms with Gasteiger partial charge in [-0.2, -0.15) is 8.42 Å². The predicted octanol–water partition coefficient (Wildman–Crippen LogP) is 3.06. The summed E-state index contributed by atoms with van der Waals surface area (Å²) in [4.78, 5) is 1.47. The maximum absolute atomic E-state index is 11.6. The molecule has 0 radical (unpaired) electrons. The van der Waals surface area contributed by atoms with Crippen LogP contribution in [-0.2, 0) is 20.7 Å². The fourth-order valence-corrected chi connectivity index (χ4v) is 3.27. The Kier molecular flexibility index (Phi) is 4.16. The molecule has 0 unspecified atom stereocenters. The van der Waals surface area contributed by atoms with E-state index >= 15 is 0 Å². The lowest BCUT2D eigenvalue weighted by Crippen LogP contribution is -2.05. The third-order valence-corrected chi connectivity index (χ3v) is 4.72. The molecule has 1 aromatic carbocycles. The van der Waals surface area contributed by atoms with Crippen molar-refractivity contribution in [1.82, 2.24) is 0 Å². The molecule has 0 aliphatic rings. The van der Waals surface area contributed by atoms with Crippen LogP contribution in [0.3, 0.4) is 0 Å². The van der Waals surface area contributed by atoms with Gasteiger partial charge in [0.25, 0.3) is 10.1 Å². The number of benzene rings is 1. The average Bonchev–Trinajstić information content (AvgIpc) is 2.82. The molecule has 2 rings (SSSR count). The lowest BCUT2D eigenvalue weighted by molar-refractivity contribution is 0.338. The zero-order chi connectivity index (χ0) is 13.0. The highest BCUT2D eigenvalue weighted by molar-refractivity contribution is 7.86. The molecule has 0 bridgehead atoms. The predicted molar refractivity (Wildman–Crippen MR) is 72.4 cm³/mol. The van der Waals surface area contributed by atoms with Crippen LogP contribution in [0.15, 0.2) is 46.7 Å². The van der Waals surface area contributed by atoms with E-state index in [4.69, 9.17) is 4.18 Å². The summed E-state index contributed by atoms with van der Waals surface area (Å²) in [7, 11) is -3.59. The Morgan fingerprint density at radius 1 is 1.17 bits per heavy atom. The lowest BCUT2D eigenvalue weighted by atomic mass is 10.1. The van der Waals surface area contributed by atoms with Gasteiger partial charge < -0.3 is 0 Å². The Morgan fingerprint density at radius 2 is 1.89 bits per heavy atom. The fourth-order valence-electron chi connectivity index (χ4n) is 1.61. The molecule has 0 saturated carbocycles. The second-order valence-electron chi connectivity index (χ2n) is 3.76. The fraction of sp³-hybridized carbons (Fsp3) is 0.231. The molecule has 96 valence electrons. The van der Waals surface area contributed by atoms with Gasteiger partial charge in [0.2, 0.25) is 0 Å². The van der Waals surface area contributed by atoms with E-state index in [2.05, 4.69) is 6.07 Å². The first-order valence-electron chi connectivity index (χ1n) is 5.62. The first-order chi connectivity index (χ1) is 8.62. The molecule has 18 heavy (non-hydrogen) atoms. The summed E-state index contributed by atoms with van der Waals surface area (Å²) in [6.45, 7) is 1.81. The van der Waals surface area contributed by atoms with Gasteiger partial charge in [0.1, 0.15) is 0 Å². The first kappa shape index (κ1) is 13.3. The zero-order valence-corrected chi connectivity index (χ0v) is 11.6. The van der Waals surface area contributed by atoms with Crippen molar-refractivity contribution in [1.29, 1.82) is 0 Å². The molecule has 2 aromatic rings. The van der Waals surface area contributed by atoms with Crippen molar-refractivity contribution in [3.8, 4) is 0 Å². The highest BCUT2D eigenvalue weighted by atomic mass is 32.2. The molecule has 5 heteroatoms. The molecule has 0 aliphatic heterocycles. The molecule has 0 N–H and O–H groups in total. The second kappa shape index (κ2) is 5.65. The van der Waals surface area contributed by atoms with Gasteiger partial charge in [-0.05, 0) is 36.1 Å². The quantitative estimate of drug-likeness (QED) is 0.792. The van der Waals surface area contributed by atoms with Crippen LogP contribution in [0, 0.1) is 0 Å². The van der Waals surface area contributed by atoms with Gasteiger partial charge in [0.05, 0.1) is 11.5 Å². The van der Waals surface area contributed by atoms with Crippen molar-refractivity contribution < 1.29 is 12.6 Å². The van der Waals surface area contributed by atoms with E-state index in [9.17, 15) is 8.42 Å². The molecule has 0 amide bonds. The third-order valence-electron chi connectivity index (χ3n) is 2.44. The molecule has 3 nitrogen and oxygen atoms in total. The summed E-state index contributed by atoms with van der Waals surface area (Å²) in [5.74, 6) is 0. The summed E-state index contributed by atoms with van der Waals surface area (Å²) >= 11 is 1.69. The Morgan fingerprint density at radius 3 is 2.44 bits per heavy atom. The zero-order valence-electron chi connectivity index (χ0n) is 10.00. The van der Waals surface area contributed by atoms with E-state index in [-0.39, 0.29) is 11.5 Å². The Labute approximate surface area is 111 Å². The van der Waals surface area contributed by atoms with E-state index in [1.54, 1.807) is 30.4 Å². The highest BCUT2D eigenvalue weighted by Crippen LogP contribution is 2.18. The van der Waals surface area contributed by atoms with Gasteiger partial charge in [-0.15, -0.1) is 11.3 Å². The van der Waals surface area contributed by atoms with Gasteiger partial charge in [0.15, 0.2) is 0 Å². The van der Waals surface area contributed by atoms with Crippen LogP contribution in [-0.4, -0.2) is 15.0 Å². The van der Waals surface area contributed by atoms with E-state index in [0.717, 1.165) is 12.0 Å². The van der Waals surface area contributed by atoms with Crippen LogP contribution in [0.5, 0.6) is 0 Å². The molecule has 0 atom stereocenters. The van der Waals surface area contributed by atoms with Gasteiger partial charge in [-0.1, -0.05) is 18.2 Å². The number of hydrogen-bond donors (Lipinski definition) is 0. The minimum Gasteiger partial charge on any atom is -0.267 e. The van der Waals surface area contributed by atoms with Gasteiger partial charge in [0, 0.05) is 11.3 Å². The average molecular weight is 282 g/mol. The van der Waals surface area contributed by atoms with E-state index in [1.165, 1.54) is 4.88 Å². The van der Waals surface area contributed by atoms with Crippen LogP contribution < -0.4 is 0 Å². The standard InChI is InChI=1S/C13H14O3S2/c1-2-16-18(14,15)13-7-5-11(6-8-13)10-12-4-3-9-17-12/h3-9H,2,10H2,1H3. The van der Waals surface area contributed by atoms with E-state index < -0.39 is 10.1 Å². The molecule has 1 heterocycles. The maximum atomic E-state index is 11.6. The molecule has 0 fully saturated rings. The van der Waals surface area contributed by atoms with Crippen molar-refractivity contribution in [3.63, 3.8) is 0 Å². The molecule has 1 aromatic heterocycles. The van der Waals surface area contributed by atoms with Crippen LogP contribution in [0.1, 0.15) is 17.4 Å². The van der Waals surface area contributed by atoms with E-state index in [1.807, 2.05) is 23.6 Å². The largest absolute Gasteiger partial charge is 0.296 e. The van der Waals surface area contributed by atoms with Crippen molar-refractivity contribution in [2.45, 2.75) is 18.2 Å². The Hall–Kier alpha value is -1.17. The summed E-state index contributed by atoms with van der Waals surface area (Å²) in [5, 5.41) is 2.03. The topological polar surface area (TPSA) is 43.4 Å². The number of hydrogen-bond acceptors (Lipinski definition) is 4. The van der Waals surface area contributed by atoms with Crippen LogP contribution in [0.4, 0.5) is 0 Å². The normalized spacial score (nSPS) is 11.6. The molecule has 0 aliphatic carbocycles. The molecule has 0 spiro atoms. The summed E-state index contributed by atoms with van der Waals surface area (Å²) < 4.78 is 28.0. The third kappa shape index (κ3) is 3.19. The first-order valence-corrected chi connectivity index (χ1v) is 7.91. The second-order valence-corrected chi connectivity index (χ2v) is 6.41. The summed E-state index contributed by atoms with van der Waals surface area (Å²) in [6.07, 6.45) is 0.826. The van der Waals surface area contributed by atoms with Crippen molar-refractivity contribution in [2.75, 3.05) is 6.61 Å². The highest BCUT2D eigenvalue weighted by Gasteiger charge is 2.13. The lowest BCUT2D eigenvalue weighted by Gasteiger charge is -2.04. The van der Waals surface area contributed by atoms with Crippen molar-refractivity contribution >= 4 is 21.5 Å². The molecular weight excluding hydrogens is 268 g/mol. The van der Waals surface area contributed by atoms with Crippen molar-refractivity contribution in [3.05, 3.63) is 52.2 Å². The minimum absolute atomic E-state index is 0.152. The number of thiophene rings is 1. The molecular formula is C13H14O3S2. The van der Waals surface area contributed by atoms with Crippen LogP contribution in [0.25, 0.3) is 0 Å². The van der Waals surface area contributed by atoms with Crippen LogP contribution in [0.2, 0.25) is 0 Å². The minimum atomic E-state index is -3.59. The Balaban J connectivity index is 2.15. The number of rotatable bonds is 5. The molecule has 0 saturated heterocycles. The van der Waals surface area contributed by atoms with E-state index in [0.29, 0.717) is 0 Å². The van der Waals surface area contributed by atoms with Crippen LogP contribution >= 0.6 is 11.3 Å². The monoisotopic (exact) mass is 282 g/mol. The maximum Gasteiger partial charge on any atom is 0.296 e. The summed E-state index contributed by atoms with van der Waals surface area (Å²) in [5.41, 5.74) is 1.09. The van der Waals surface area contributed by atoms with Gasteiger partial charge in [-0.3, -0.25) is 4.18 Å². The van der Waals surface area contributed by atoms with Gasteiger partial charge >= 0.3 is 0 Å². The SMILES string of the molecule is CCOS(=O)(=O)c1ccc(Cc2cccs2)cc1. The summed E-state index contributed by atoms with van der Waals surface area (Å²) in [6, 6.07) is 10.9. The Bertz CT molecular complexity index is 584. The smallest absolute Gasteiger partial charge is 0.267 e.